The lowest BCUT2D eigenvalue weighted by atomic mass is 10.0. The summed E-state index contributed by atoms with van der Waals surface area (Å²) in [5.74, 6) is -1.21. The second-order valence-electron chi connectivity index (χ2n) is 7.68. The fraction of sp³-hybridized carbons (Fsp3) is 0.200. The van der Waals surface area contributed by atoms with Crippen molar-refractivity contribution in [3.05, 3.63) is 95.6 Å². The number of anilines is 1. The first-order valence-corrected chi connectivity index (χ1v) is 12.1. The Bertz CT molecular complexity index is 1260. The third kappa shape index (κ3) is 5.23. The van der Waals surface area contributed by atoms with Crippen molar-refractivity contribution in [1.29, 1.82) is 0 Å². The number of carbonyl (C=O) groups excluding carboxylic acids is 2. The highest BCUT2D eigenvalue weighted by Crippen LogP contribution is 2.32. The third-order valence-electron chi connectivity index (χ3n) is 5.39. The summed E-state index contributed by atoms with van der Waals surface area (Å²) in [6, 6.07) is 22.5. The highest BCUT2D eigenvalue weighted by molar-refractivity contribution is 7.92. The fourth-order valence-electron chi connectivity index (χ4n) is 3.72. The van der Waals surface area contributed by atoms with E-state index in [2.05, 4.69) is 5.32 Å². The van der Waals surface area contributed by atoms with Crippen LogP contribution in [-0.4, -0.2) is 33.4 Å². The predicted molar refractivity (Wildman–Crippen MR) is 124 cm³/mol. The zero-order chi connectivity index (χ0) is 23.3. The minimum atomic E-state index is -3.86. The predicted octanol–water partition coefficient (Wildman–Crippen LogP) is 3.30. The van der Waals surface area contributed by atoms with Gasteiger partial charge in [0.25, 0.3) is 15.9 Å². The molecule has 170 valence electrons. The van der Waals surface area contributed by atoms with Gasteiger partial charge in [0.15, 0.2) is 6.61 Å². The van der Waals surface area contributed by atoms with Crippen LogP contribution in [0.25, 0.3) is 0 Å². The Kier molecular flexibility index (Phi) is 6.74. The van der Waals surface area contributed by atoms with Gasteiger partial charge in [0.2, 0.25) is 0 Å². The number of carbonyl (C=O) groups is 2. The van der Waals surface area contributed by atoms with Gasteiger partial charge in [-0.25, -0.2) is 13.2 Å². The Morgan fingerprint density at radius 2 is 1.70 bits per heavy atom. The maximum Gasteiger partial charge on any atom is 0.338 e. The lowest BCUT2D eigenvalue weighted by molar-refractivity contribution is -0.124. The average molecular weight is 465 g/mol. The molecule has 33 heavy (non-hydrogen) atoms. The number of ether oxygens (including phenoxy) is 1. The number of rotatable bonds is 7. The van der Waals surface area contributed by atoms with Gasteiger partial charge in [0.1, 0.15) is 0 Å². The number of para-hydroxylation sites is 1. The number of benzene rings is 3. The number of nitrogens with one attached hydrogen (secondary N) is 1. The summed E-state index contributed by atoms with van der Waals surface area (Å²) in [4.78, 5) is 24.5. The molecule has 7 nitrogen and oxygen atoms in total. The summed E-state index contributed by atoms with van der Waals surface area (Å²) in [5, 5.41) is 2.68. The molecule has 3 aromatic carbocycles. The number of nitrogens with zero attached hydrogens (tertiary/aromatic N) is 1. The van der Waals surface area contributed by atoms with Crippen LogP contribution in [0.1, 0.15) is 27.9 Å². The Balaban J connectivity index is 1.42. The average Bonchev–Trinajstić information content (AvgIpc) is 2.86. The zero-order valence-corrected chi connectivity index (χ0v) is 18.8. The van der Waals surface area contributed by atoms with Crippen LogP contribution in [0.2, 0.25) is 0 Å². The first-order chi connectivity index (χ1) is 15.9. The van der Waals surface area contributed by atoms with Crippen LogP contribution >= 0.6 is 0 Å². The molecule has 1 aliphatic heterocycles. The number of esters is 1. The Morgan fingerprint density at radius 1 is 0.939 bits per heavy atom. The van der Waals surface area contributed by atoms with Gasteiger partial charge >= 0.3 is 5.97 Å². The number of fused-ring (bicyclic) bond motifs is 1. The first kappa shape index (κ1) is 22.5. The van der Waals surface area contributed by atoms with Gasteiger partial charge in [0, 0.05) is 13.1 Å². The molecule has 0 spiro atoms. The highest BCUT2D eigenvalue weighted by Gasteiger charge is 2.29. The summed E-state index contributed by atoms with van der Waals surface area (Å²) >= 11 is 0. The Hall–Kier alpha value is -3.65. The number of hydrogen-bond donors (Lipinski definition) is 1. The van der Waals surface area contributed by atoms with Crippen LogP contribution in [0.3, 0.4) is 0 Å². The fourth-order valence-corrected chi connectivity index (χ4v) is 5.31. The van der Waals surface area contributed by atoms with Gasteiger partial charge in [0.05, 0.1) is 16.1 Å². The van der Waals surface area contributed by atoms with E-state index in [9.17, 15) is 18.0 Å². The molecule has 1 heterocycles. The Morgan fingerprint density at radius 3 is 2.52 bits per heavy atom. The van der Waals surface area contributed by atoms with Gasteiger partial charge in [-0.3, -0.25) is 9.10 Å². The van der Waals surface area contributed by atoms with Crippen molar-refractivity contribution < 1.29 is 22.7 Å². The number of hydrogen-bond acceptors (Lipinski definition) is 5. The van der Waals surface area contributed by atoms with E-state index in [0.29, 0.717) is 18.8 Å². The largest absolute Gasteiger partial charge is 0.452 e. The normalized spacial score (nSPS) is 13.2. The van der Waals surface area contributed by atoms with E-state index in [1.807, 2.05) is 48.5 Å². The molecule has 8 heteroatoms. The lowest BCUT2D eigenvalue weighted by Crippen LogP contribution is -2.35. The monoisotopic (exact) mass is 464 g/mol. The molecular weight excluding hydrogens is 440 g/mol. The smallest absolute Gasteiger partial charge is 0.338 e. The summed E-state index contributed by atoms with van der Waals surface area (Å²) in [6.45, 7) is 0.236. The molecular formula is C25H24N2O5S. The molecule has 0 aromatic heterocycles. The first-order valence-electron chi connectivity index (χ1n) is 10.6. The third-order valence-corrected chi connectivity index (χ3v) is 7.20. The summed E-state index contributed by atoms with van der Waals surface area (Å²) < 4.78 is 33.1. The van der Waals surface area contributed by atoms with Gasteiger partial charge in [-0.15, -0.1) is 0 Å². The van der Waals surface area contributed by atoms with E-state index in [1.165, 1.54) is 28.6 Å². The molecule has 0 atom stereocenters. The van der Waals surface area contributed by atoms with Gasteiger partial charge < -0.3 is 10.1 Å². The maximum atomic E-state index is 13.3. The second kappa shape index (κ2) is 9.87. The molecule has 3 aromatic rings. The van der Waals surface area contributed by atoms with Gasteiger partial charge in [-0.2, -0.15) is 0 Å². The van der Waals surface area contributed by atoms with Crippen LogP contribution < -0.4 is 9.62 Å². The topological polar surface area (TPSA) is 92.8 Å². The van der Waals surface area contributed by atoms with E-state index in [-0.39, 0.29) is 10.5 Å². The van der Waals surface area contributed by atoms with Gasteiger partial charge in [-0.1, -0.05) is 54.6 Å². The molecule has 0 radical (unpaired) electrons. The van der Waals surface area contributed by atoms with E-state index >= 15 is 0 Å². The molecule has 0 aliphatic carbocycles. The molecule has 1 N–H and O–H groups in total. The SMILES string of the molecule is O=C(COC(=O)c1cccc(S(=O)(=O)N2CCCc3ccccc32)c1)NCc1ccccc1. The molecule has 1 aliphatic rings. The van der Waals surface area contributed by atoms with E-state index in [0.717, 1.165) is 24.0 Å². The van der Waals surface area contributed by atoms with Crippen molar-refractivity contribution >= 4 is 27.6 Å². The van der Waals surface area contributed by atoms with Crippen molar-refractivity contribution in [2.75, 3.05) is 17.5 Å². The van der Waals surface area contributed by atoms with E-state index in [4.69, 9.17) is 4.74 Å². The second-order valence-corrected chi connectivity index (χ2v) is 9.54. The molecule has 0 unspecified atom stereocenters. The summed E-state index contributed by atoms with van der Waals surface area (Å²) in [6.07, 6.45) is 1.54. The van der Waals surface area contributed by atoms with E-state index in [1.54, 1.807) is 6.07 Å². The standard InChI is InChI=1S/C25H24N2O5S/c28-24(26-17-19-8-2-1-3-9-19)18-32-25(29)21-11-6-13-22(16-21)33(30,31)27-15-7-12-20-10-4-5-14-23(20)27/h1-6,8-11,13-14,16H,7,12,15,17-18H2,(H,26,28). The lowest BCUT2D eigenvalue weighted by Gasteiger charge is -2.30. The maximum absolute atomic E-state index is 13.3. The van der Waals surface area contributed by atoms with Crippen molar-refractivity contribution in [2.24, 2.45) is 0 Å². The van der Waals surface area contributed by atoms with Crippen molar-refractivity contribution in [3.8, 4) is 0 Å². The summed E-state index contributed by atoms with van der Waals surface area (Å²) in [5.41, 5.74) is 2.63. The van der Waals surface area contributed by atoms with Crippen LogP contribution in [0.15, 0.2) is 83.8 Å². The van der Waals surface area contributed by atoms with Crippen molar-refractivity contribution in [1.82, 2.24) is 5.32 Å². The van der Waals surface area contributed by atoms with Crippen LogP contribution in [-0.2, 0) is 32.5 Å². The summed E-state index contributed by atoms with van der Waals surface area (Å²) in [7, 11) is -3.86. The molecule has 0 bridgehead atoms. The number of aryl methyl sites for hydroxylation is 1. The molecule has 4 rings (SSSR count). The molecule has 0 fully saturated rings. The number of amides is 1. The van der Waals surface area contributed by atoms with Crippen LogP contribution in [0, 0.1) is 0 Å². The zero-order valence-electron chi connectivity index (χ0n) is 17.9. The minimum absolute atomic E-state index is 0.00202. The van der Waals surface area contributed by atoms with Crippen LogP contribution in [0.5, 0.6) is 0 Å². The quantitative estimate of drug-likeness (QED) is 0.542. The molecule has 0 saturated carbocycles. The van der Waals surface area contributed by atoms with Crippen molar-refractivity contribution in [2.45, 2.75) is 24.3 Å². The highest BCUT2D eigenvalue weighted by atomic mass is 32.2. The minimum Gasteiger partial charge on any atom is -0.452 e. The molecule has 1 amide bonds. The van der Waals surface area contributed by atoms with Crippen LogP contribution in [0.4, 0.5) is 5.69 Å². The number of sulfonamides is 1. The van der Waals surface area contributed by atoms with Crippen molar-refractivity contribution in [3.63, 3.8) is 0 Å². The van der Waals surface area contributed by atoms with E-state index < -0.39 is 28.5 Å². The molecule has 0 saturated heterocycles. The Labute approximate surface area is 193 Å². The van der Waals surface area contributed by atoms with Gasteiger partial charge in [-0.05, 0) is 48.2 Å².